The molecule has 0 radical (unpaired) electrons. The fourth-order valence-electron chi connectivity index (χ4n) is 0.739. The van der Waals surface area contributed by atoms with Crippen LogP contribution in [0.25, 0.3) is 0 Å². The summed E-state index contributed by atoms with van der Waals surface area (Å²) in [5, 5.41) is 2.92. The van der Waals surface area contributed by atoms with E-state index in [9.17, 15) is 4.79 Å². The zero-order chi connectivity index (χ0) is 8.43. The molecule has 1 rings (SSSR count). The number of nitrogens with one attached hydrogen (secondary N) is 1. The normalized spacial score (nSPS) is 16.7. The maximum absolute atomic E-state index is 11.2. The SMILES string of the molecule is CC(C)N(C)C(=O)NC1CC1. The van der Waals surface area contributed by atoms with E-state index < -0.39 is 0 Å². The summed E-state index contributed by atoms with van der Waals surface area (Å²) in [6.45, 7) is 4.01. The van der Waals surface area contributed by atoms with Crippen molar-refractivity contribution < 1.29 is 4.79 Å². The van der Waals surface area contributed by atoms with Crippen molar-refractivity contribution in [1.29, 1.82) is 0 Å². The minimum absolute atomic E-state index is 0.0579. The average Bonchev–Trinajstić information content (AvgIpc) is 2.69. The van der Waals surface area contributed by atoms with Gasteiger partial charge in [-0.15, -0.1) is 0 Å². The summed E-state index contributed by atoms with van der Waals surface area (Å²) in [5.41, 5.74) is 0. The molecule has 1 fully saturated rings. The molecule has 0 aromatic carbocycles. The van der Waals surface area contributed by atoms with Crippen LogP contribution in [0.3, 0.4) is 0 Å². The van der Waals surface area contributed by atoms with Gasteiger partial charge in [0.15, 0.2) is 0 Å². The van der Waals surface area contributed by atoms with E-state index in [2.05, 4.69) is 5.32 Å². The Bertz CT molecular complexity index is 152. The second-order valence-corrected chi connectivity index (χ2v) is 3.43. The van der Waals surface area contributed by atoms with Gasteiger partial charge in [0.05, 0.1) is 0 Å². The summed E-state index contributed by atoms with van der Waals surface area (Å²) in [6.07, 6.45) is 2.30. The van der Waals surface area contributed by atoms with Gasteiger partial charge in [-0.05, 0) is 26.7 Å². The number of hydrogen-bond acceptors (Lipinski definition) is 1. The first-order chi connectivity index (χ1) is 5.11. The molecule has 0 spiro atoms. The monoisotopic (exact) mass is 156 g/mol. The molecule has 0 saturated heterocycles. The summed E-state index contributed by atoms with van der Waals surface area (Å²) < 4.78 is 0. The van der Waals surface area contributed by atoms with Crippen molar-refractivity contribution >= 4 is 6.03 Å². The van der Waals surface area contributed by atoms with Crippen LogP contribution in [0.4, 0.5) is 4.79 Å². The van der Waals surface area contributed by atoms with Gasteiger partial charge in [-0.2, -0.15) is 0 Å². The second kappa shape index (κ2) is 3.11. The van der Waals surface area contributed by atoms with Crippen LogP contribution in [0, 0.1) is 0 Å². The van der Waals surface area contributed by atoms with Crippen molar-refractivity contribution in [2.24, 2.45) is 0 Å². The number of hydrogen-bond donors (Lipinski definition) is 1. The molecule has 3 heteroatoms. The van der Waals surface area contributed by atoms with Gasteiger partial charge in [0.1, 0.15) is 0 Å². The Kier molecular flexibility index (Phi) is 2.37. The fourth-order valence-corrected chi connectivity index (χ4v) is 0.739. The predicted molar refractivity (Wildman–Crippen MR) is 44.5 cm³/mol. The van der Waals surface area contributed by atoms with Crippen LogP contribution in [0.2, 0.25) is 0 Å². The molecule has 0 unspecified atom stereocenters. The topological polar surface area (TPSA) is 32.3 Å². The van der Waals surface area contributed by atoms with Gasteiger partial charge in [-0.3, -0.25) is 0 Å². The van der Waals surface area contributed by atoms with E-state index in [1.54, 1.807) is 4.90 Å². The van der Waals surface area contributed by atoms with Gasteiger partial charge >= 0.3 is 6.03 Å². The van der Waals surface area contributed by atoms with Crippen molar-refractivity contribution in [3.63, 3.8) is 0 Å². The molecule has 64 valence electrons. The minimum Gasteiger partial charge on any atom is -0.335 e. The Labute approximate surface area is 67.8 Å². The quantitative estimate of drug-likeness (QED) is 0.640. The lowest BCUT2D eigenvalue weighted by molar-refractivity contribution is 0.197. The molecular formula is C8H16N2O. The summed E-state index contributed by atoms with van der Waals surface area (Å²) >= 11 is 0. The van der Waals surface area contributed by atoms with Crippen LogP contribution in [0.15, 0.2) is 0 Å². The first-order valence-electron chi connectivity index (χ1n) is 4.14. The molecule has 0 aromatic heterocycles. The van der Waals surface area contributed by atoms with E-state index in [0.717, 1.165) is 12.8 Å². The molecule has 3 nitrogen and oxygen atoms in total. The highest BCUT2D eigenvalue weighted by Gasteiger charge is 2.25. The van der Waals surface area contributed by atoms with Gasteiger partial charge in [-0.1, -0.05) is 0 Å². The number of carbonyl (C=O) groups is 1. The number of urea groups is 1. The lowest BCUT2D eigenvalue weighted by atomic mass is 10.4. The third-order valence-corrected chi connectivity index (χ3v) is 2.00. The molecule has 1 saturated carbocycles. The highest BCUT2D eigenvalue weighted by atomic mass is 16.2. The molecule has 11 heavy (non-hydrogen) atoms. The number of amides is 2. The summed E-state index contributed by atoms with van der Waals surface area (Å²) in [4.78, 5) is 13.0. The first kappa shape index (κ1) is 8.37. The largest absolute Gasteiger partial charge is 0.335 e. The molecule has 1 aliphatic rings. The van der Waals surface area contributed by atoms with Crippen molar-refractivity contribution in [2.45, 2.75) is 38.8 Å². The van der Waals surface area contributed by atoms with Crippen molar-refractivity contribution in [3.05, 3.63) is 0 Å². The van der Waals surface area contributed by atoms with E-state index in [1.807, 2.05) is 20.9 Å². The number of carbonyl (C=O) groups excluding carboxylic acids is 1. The van der Waals surface area contributed by atoms with E-state index in [0.29, 0.717) is 6.04 Å². The minimum atomic E-state index is 0.0579. The highest BCUT2D eigenvalue weighted by Crippen LogP contribution is 2.18. The lowest BCUT2D eigenvalue weighted by Crippen LogP contribution is -2.42. The maximum Gasteiger partial charge on any atom is 0.317 e. The van der Waals surface area contributed by atoms with Gasteiger partial charge in [0.2, 0.25) is 0 Å². The van der Waals surface area contributed by atoms with Crippen LogP contribution in [-0.2, 0) is 0 Å². The number of rotatable bonds is 2. The summed E-state index contributed by atoms with van der Waals surface area (Å²) in [7, 11) is 1.82. The van der Waals surface area contributed by atoms with Crippen molar-refractivity contribution in [2.75, 3.05) is 7.05 Å². The van der Waals surface area contributed by atoms with E-state index in [-0.39, 0.29) is 12.1 Å². The maximum atomic E-state index is 11.2. The molecule has 1 aliphatic carbocycles. The van der Waals surface area contributed by atoms with E-state index >= 15 is 0 Å². The second-order valence-electron chi connectivity index (χ2n) is 3.43. The van der Waals surface area contributed by atoms with Crippen LogP contribution in [0.5, 0.6) is 0 Å². The Balaban J connectivity index is 2.26. The van der Waals surface area contributed by atoms with Gasteiger partial charge in [-0.25, -0.2) is 4.79 Å². The molecule has 0 bridgehead atoms. The predicted octanol–water partition coefficient (Wildman–Crippen LogP) is 1.20. The smallest absolute Gasteiger partial charge is 0.317 e. The van der Waals surface area contributed by atoms with Crippen LogP contribution >= 0.6 is 0 Å². The van der Waals surface area contributed by atoms with Crippen molar-refractivity contribution in [3.8, 4) is 0 Å². The third-order valence-electron chi connectivity index (χ3n) is 2.00. The highest BCUT2D eigenvalue weighted by molar-refractivity contribution is 5.74. The van der Waals surface area contributed by atoms with E-state index in [4.69, 9.17) is 0 Å². The summed E-state index contributed by atoms with van der Waals surface area (Å²) in [6, 6.07) is 0.806. The standard InChI is InChI=1S/C8H16N2O/c1-6(2)10(3)8(11)9-7-4-5-7/h6-7H,4-5H2,1-3H3,(H,9,11). The van der Waals surface area contributed by atoms with Crippen LogP contribution < -0.4 is 5.32 Å². The van der Waals surface area contributed by atoms with Gasteiger partial charge < -0.3 is 10.2 Å². The summed E-state index contributed by atoms with van der Waals surface area (Å²) in [5.74, 6) is 0. The molecule has 0 atom stereocenters. The van der Waals surface area contributed by atoms with Crippen molar-refractivity contribution in [1.82, 2.24) is 10.2 Å². The molecule has 0 heterocycles. The molecule has 0 aliphatic heterocycles. The Morgan fingerprint density at radius 1 is 1.55 bits per heavy atom. The zero-order valence-corrected chi connectivity index (χ0v) is 7.42. The van der Waals surface area contributed by atoms with Crippen LogP contribution in [-0.4, -0.2) is 30.1 Å². The zero-order valence-electron chi connectivity index (χ0n) is 7.42. The Hall–Kier alpha value is -0.730. The van der Waals surface area contributed by atoms with Gasteiger partial charge in [0.25, 0.3) is 0 Å². The number of nitrogens with zero attached hydrogens (tertiary/aromatic N) is 1. The molecule has 1 N–H and O–H groups in total. The Morgan fingerprint density at radius 3 is 2.45 bits per heavy atom. The fraction of sp³-hybridized carbons (Fsp3) is 0.875. The average molecular weight is 156 g/mol. The van der Waals surface area contributed by atoms with E-state index in [1.165, 1.54) is 0 Å². The molecule has 2 amide bonds. The van der Waals surface area contributed by atoms with Gasteiger partial charge in [0, 0.05) is 19.1 Å². The Morgan fingerprint density at radius 2 is 2.09 bits per heavy atom. The molecular weight excluding hydrogens is 140 g/mol. The molecule has 0 aromatic rings. The third kappa shape index (κ3) is 2.41. The van der Waals surface area contributed by atoms with Crippen LogP contribution in [0.1, 0.15) is 26.7 Å². The first-order valence-corrected chi connectivity index (χ1v) is 4.14. The lowest BCUT2D eigenvalue weighted by Gasteiger charge is -2.21.